The van der Waals surface area contributed by atoms with Crippen LogP contribution in [0.15, 0.2) is 48.5 Å². The second-order valence-electron chi connectivity index (χ2n) is 4.91. The van der Waals surface area contributed by atoms with Crippen LogP contribution in [-0.4, -0.2) is 12.5 Å². The summed E-state index contributed by atoms with van der Waals surface area (Å²) < 4.78 is 0. The van der Waals surface area contributed by atoms with Gasteiger partial charge >= 0.3 is 0 Å². The van der Waals surface area contributed by atoms with Gasteiger partial charge in [-0.2, -0.15) is 0 Å². The molecule has 2 rings (SSSR count). The van der Waals surface area contributed by atoms with Gasteiger partial charge in [0.15, 0.2) is 0 Å². The molecule has 1 amide bonds. The van der Waals surface area contributed by atoms with Crippen molar-refractivity contribution < 1.29 is 4.79 Å². The first-order valence-electron chi connectivity index (χ1n) is 6.62. The van der Waals surface area contributed by atoms with E-state index in [0.29, 0.717) is 12.1 Å². The highest BCUT2D eigenvalue weighted by Crippen LogP contribution is 2.19. The summed E-state index contributed by atoms with van der Waals surface area (Å²) >= 11 is 6.29. The molecule has 20 heavy (non-hydrogen) atoms. The lowest BCUT2D eigenvalue weighted by Gasteiger charge is -2.12. The van der Waals surface area contributed by atoms with Crippen LogP contribution in [0, 0.1) is 13.8 Å². The van der Waals surface area contributed by atoms with Crippen molar-refractivity contribution in [3.05, 3.63) is 70.8 Å². The Bertz CT molecular complexity index is 595. The maximum atomic E-state index is 12.2. The topological polar surface area (TPSA) is 29.1 Å². The van der Waals surface area contributed by atoms with Crippen LogP contribution in [0.1, 0.15) is 32.4 Å². The molecular weight excluding hydrogens is 270 g/mol. The van der Waals surface area contributed by atoms with E-state index in [1.165, 1.54) is 0 Å². The summed E-state index contributed by atoms with van der Waals surface area (Å²) in [5, 5.41) is 2.68. The Labute approximate surface area is 124 Å². The van der Waals surface area contributed by atoms with E-state index in [-0.39, 0.29) is 11.3 Å². The summed E-state index contributed by atoms with van der Waals surface area (Å²) in [6.07, 6.45) is 0. The van der Waals surface area contributed by atoms with E-state index < -0.39 is 0 Å². The Balaban J connectivity index is 2.00. The summed E-state index contributed by atoms with van der Waals surface area (Å²) in [5.74, 6) is -0.0761. The summed E-state index contributed by atoms with van der Waals surface area (Å²) in [6, 6.07) is 15.6. The van der Waals surface area contributed by atoms with Gasteiger partial charge in [0.1, 0.15) is 0 Å². The molecule has 0 aliphatic heterocycles. The lowest BCUT2D eigenvalue weighted by atomic mass is 10.0. The van der Waals surface area contributed by atoms with Gasteiger partial charge in [-0.3, -0.25) is 4.79 Å². The normalized spacial score (nSPS) is 11.9. The number of amides is 1. The van der Waals surface area contributed by atoms with Gasteiger partial charge in [-0.15, -0.1) is 11.6 Å². The van der Waals surface area contributed by atoms with Gasteiger partial charge in [-0.1, -0.05) is 48.0 Å². The Morgan fingerprint density at radius 2 is 1.85 bits per heavy atom. The predicted molar refractivity (Wildman–Crippen MR) is 83.3 cm³/mol. The van der Waals surface area contributed by atoms with Crippen molar-refractivity contribution >= 4 is 17.5 Å². The number of aryl methyl sites for hydroxylation is 2. The van der Waals surface area contributed by atoms with Crippen molar-refractivity contribution in [1.29, 1.82) is 0 Å². The van der Waals surface area contributed by atoms with E-state index in [4.69, 9.17) is 11.6 Å². The first-order chi connectivity index (χ1) is 9.58. The number of carbonyl (C=O) groups excluding carboxylic acids is 1. The van der Waals surface area contributed by atoms with Crippen LogP contribution in [0.25, 0.3) is 0 Å². The molecule has 0 aromatic heterocycles. The molecule has 2 nitrogen and oxygen atoms in total. The van der Waals surface area contributed by atoms with Crippen LogP contribution >= 0.6 is 11.6 Å². The van der Waals surface area contributed by atoms with E-state index >= 15 is 0 Å². The van der Waals surface area contributed by atoms with Gasteiger partial charge in [0.25, 0.3) is 5.91 Å². The molecule has 3 heteroatoms. The second kappa shape index (κ2) is 6.58. The number of hydrogen-bond donors (Lipinski definition) is 1. The number of carbonyl (C=O) groups is 1. The molecule has 0 aliphatic carbocycles. The first-order valence-corrected chi connectivity index (χ1v) is 7.06. The van der Waals surface area contributed by atoms with E-state index in [9.17, 15) is 4.79 Å². The minimum Gasteiger partial charge on any atom is -0.350 e. The average Bonchev–Trinajstić information content (AvgIpc) is 2.47. The third-order valence-corrected chi connectivity index (χ3v) is 3.65. The van der Waals surface area contributed by atoms with E-state index in [2.05, 4.69) is 5.32 Å². The minimum absolute atomic E-state index is 0.0761. The van der Waals surface area contributed by atoms with Crippen LogP contribution in [0.4, 0.5) is 0 Å². The quantitative estimate of drug-likeness (QED) is 0.846. The predicted octanol–water partition coefficient (Wildman–Crippen LogP) is 4.01. The van der Waals surface area contributed by atoms with Crippen molar-refractivity contribution in [2.75, 3.05) is 6.54 Å². The van der Waals surface area contributed by atoms with Crippen LogP contribution in [-0.2, 0) is 0 Å². The van der Waals surface area contributed by atoms with Gasteiger partial charge < -0.3 is 5.32 Å². The van der Waals surface area contributed by atoms with Gasteiger partial charge in [0, 0.05) is 12.1 Å². The van der Waals surface area contributed by atoms with Gasteiger partial charge in [0.2, 0.25) is 0 Å². The van der Waals surface area contributed by atoms with Crippen LogP contribution < -0.4 is 5.32 Å². The highest BCUT2D eigenvalue weighted by molar-refractivity contribution is 6.21. The number of halogens is 1. The molecule has 0 spiro atoms. The molecule has 1 atom stereocenters. The molecule has 0 heterocycles. The number of alkyl halides is 1. The fourth-order valence-electron chi connectivity index (χ4n) is 2.04. The molecule has 0 bridgehead atoms. The zero-order valence-electron chi connectivity index (χ0n) is 11.7. The zero-order valence-corrected chi connectivity index (χ0v) is 12.4. The third kappa shape index (κ3) is 3.61. The third-order valence-electron chi connectivity index (χ3n) is 3.24. The summed E-state index contributed by atoms with van der Waals surface area (Å²) in [7, 11) is 0. The Morgan fingerprint density at radius 1 is 1.15 bits per heavy atom. The largest absolute Gasteiger partial charge is 0.350 e. The van der Waals surface area contributed by atoms with Crippen molar-refractivity contribution in [3.8, 4) is 0 Å². The minimum atomic E-state index is -0.217. The van der Waals surface area contributed by atoms with Crippen LogP contribution in [0.2, 0.25) is 0 Å². The lowest BCUT2D eigenvalue weighted by molar-refractivity contribution is 0.0953. The monoisotopic (exact) mass is 287 g/mol. The number of hydrogen-bond acceptors (Lipinski definition) is 1. The highest BCUT2D eigenvalue weighted by atomic mass is 35.5. The van der Waals surface area contributed by atoms with Crippen molar-refractivity contribution in [2.24, 2.45) is 0 Å². The smallest absolute Gasteiger partial charge is 0.251 e. The molecule has 0 saturated carbocycles. The molecule has 2 aromatic rings. The molecule has 1 unspecified atom stereocenters. The highest BCUT2D eigenvalue weighted by Gasteiger charge is 2.12. The SMILES string of the molecule is Cc1ccc(C)c(C(=O)NCC(Cl)c2ccccc2)c1. The molecule has 104 valence electrons. The molecule has 2 aromatic carbocycles. The Kier molecular flexibility index (Phi) is 4.80. The van der Waals surface area contributed by atoms with Gasteiger partial charge in [-0.05, 0) is 31.0 Å². The molecule has 0 radical (unpaired) electrons. The summed E-state index contributed by atoms with van der Waals surface area (Å²) in [4.78, 5) is 12.2. The van der Waals surface area contributed by atoms with Crippen LogP contribution in [0.3, 0.4) is 0 Å². The van der Waals surface area contributed by atoms with E-state index in [1.807, 2.05) is 62.4 Å². The average molecular weight is 288 g/mol. The summed E-state index contributed by atoms with van der Waals surface area (Å²) in [5.41, 5.74) is 3.77. The van der Waals surface area contributed by atoms with Crippen molar-refractivity contribution in [1.82, 2.24) is 5.32 Å². The lowest BCUT2D eigenvalue weighted by Crippen LogP contribution is -2.27. The van der Waals surface area contributed by atoms with Gasteiger partial charge in [0.05, 0.1) is 5.38 Å². The molecule has 0 saturated heterocycles. The maximum absolute atomic E-state index is 12.2. The fraction of sp³-hybridized carbons (Fsp3) is 0.235. The van der Waals surface area contributed by atoms with Crippen molar-refractivity contribution in [3.63, 3.8) is 0 Å². The number of nitrogens with one attached hydrogen (secondary N) is 1. The maximum Gasteiger partial charge on any atom is 0.251 e. The Morgan fingerprint density at radius 3 is 2.55 bits per heavy atom. The van der Waals surface area contributed by atoms with E-state index in [0.717, 1.165) is 16.7 Å². The van der Waals surface area contributed by atoms with E-state index in [1.54, 1.807) is 0 Å². The van der Waals surface area contributed by atoms with Crippen molar-refractivity contribution in [2.45, 2.75) is 19.2 Å². The Hall–Kier alpha value is -1.80. The number of rotatable bonds is 4. The molecule has 0 fully saturated rings. The van der Waals surface area contributed by atoms with Gasteiger partial charge in [-0.25, -0.2) is 0 Å². The zero-order chi connectivity index (χ0) is 14.5. The standard InChI is InChI=1S/C17H18ClNO/c1-12-8-9-13(2)15(10-12)17(20)19-11-16(18)14-6-4-3-5-7-14/h3-10,16H,11H2,1-2H3,(H,19,20). The summed E-state index contributed by atoms with van der Waals surface area (Å²) in [6.45, 7) is 4.33. The number of benzene rings is 2. The second-order valence-corrected chi connectivity index (χ2v) is 5.43. The molecule has 0 aliphatic rings. The molecule has 1 N–H and O–H groups in total. The van der Waals surface area contributed by atoms with Crippen LogP contribution in [0.5, 0.6) is 0 Å². The fourth-order valence-corrected chi connectivity index (χ4v) is 2.26. The first kappa shape index (κ1) is 14.6. The molecular formula is C17H18ClNO.